The summed E-state index contributed by atoms with van der Waals surface area (Å²) in [5.41, 5.74) is 1.15. The molecule has 1 aromatic heterocycles. The van der Waals surface area contributed by atoms with Crippen LogP contribution in [0, 0.1) is 12.8 Å². The number of carbonyl (C=O) groups excluding carboxylic acids is 1. The van der Waals surface area contributed by atoms with Crippen molar-refractivity contribution in [2.24, 2.45) is 5.92 Å². The summed E-state index contributed by atoms with van der Waals surface area (Å²) in [6.45, 7) is 4.59. The first-order chi connectivity index (χ1) is 10.5. The Bertz CT molecular complexity index is 508. The van der Waals surface area contributed by atoms with E-state index in [1.54, 1.807) is 6.92 Å². The van der Waals surface area contributed by atoms with Crippen LogP contribution in [-0.2, 0) is 11.3 Å². The Labute approximate surface area is 131 Å². The third-order valence-electron chi connectivity index (χ3n) is 4.22. The third-order valence-corrected chi connectivity index (χ3v) is 4.22. The molecule has 6 nitrogen and oxygen atoms in total. The molecule has 0 atom stereocenters. The van der Waals surface area contributed by atoms with Crippen LogP contribution in [-0.4, -0.2) is 34.5 Å². The SMILES string of the molecule is CCOC(=O)c1cc(OB(O)O)n(CC2CCCCC2)c1C. The average Bonchev–Trinajstić information content (AvgIpc) is 2.77. The number of esters is 1. The summed E-state index contributed by atoms with van der Waals surface area (Å²) < 4.78 is 11.9. The van der Waals surface area contributed by atoms with E-state index in [0.717, 1.165) is 18.5 Å². The molecule has 1 saturated carbocycles. The van der Waals surface area contributed by atoms with Crippen molar-refractivity contribution in [3.8, 4) is 5.88 Å². The molecule has 0 radical (unpaired) electrons. The zero-order valence-electron chi connectivity index (χ0n) is 13.2. The van der Waals surface area contributed by atoms with Gasteiger partial charge in [-0.3, -0.25) is 0 Å². The standard InChI is InChI=1S/C15H24BNO5/c1-3-21-15(18)13-9-14(22-16(19)20)17(11(13)2)10-12-7-5-4-6-8-12/h9,12,19-20H,3-8,10H2,1-2H3. The summed E-state index contributed by atoms with van der Waals surface area (Å²) >= 11 is 0. The summed E-state index contributed by atoms with van der Waals surface area (Å²) in [4.78, 5) is 12.0. The molecule has 0 spiro atoms. The van der Waals surface area contributed by atoms with Gasteiger partial charge in [0.15, 0.2) is 5.88 Å². The van der Waals surface area contributed by atoms with Gasteiger partial charge < -0.3 is 24.0 Å². The Balaban J connectivity index is 2.25. The van der Waals surface area contributed by atoms with E-state index in [9.17, 15) is 4.79 Å². The van der Waals surface area contributed by atoms with Crippen LogP contribution in [0.2, 0.25) is 0 Å². The van der Waals surface area contributed by atoms with Crippen LogP contribution in [0.15, 0.2) is 6.07 Å². The van der Waals surface area contributed by atoms with Gasteiger partial charge >= 0.3 is 13.3 Å². The topological polar surface area (TPSA) is 80.9 Å². The lowest BCUT2D eigenvalue weighted by Gasteiger charge is -2.24. The molecular formula is C15H24BNO5. The summed E-state index contributed by atoms with van der Waals surface area (Å²) in [5.74, 6) is 0.397. The van der Waals surface area contributed by atoms with E-state index in [1.165, 1.54) is 25.3 Å². The molecule has 0 bridgehead atoms. The number of hydrogen-bond acceptors (Lipinski definition) is 5. The summed E-state index contributed by atoms with van der Waals surface area (Å²) in [6, 6.07) is 1.52. The maximum Gasteiger partial charge on any atom is 0.708 e. The van der Waals surface area contributed by atoms with Crippen molar-refractivity contribution < 1.29 is 24.2 Å². The second kappa shape index (κ2) is 7.69. The summed E-state index contributed by atoms with van der Waals surface area (Å²) in [5, 5.41) is 18.2. The number of rotatable bonds is 6. The number of nitrogens with zero attached hydrogens (tertiary/aromatic N) is 1. The number of ether oxygens (including phenoxy) is 1. The first kappa shape index (κ1) is 16.9. The number of carbonyl (C=O) groups is 1. The first-order valence-electron chi connectivity index (χ1n) is 7.93. The van der Waals surface area contributed by atoms with Crippen LogP contribution in [0.1, 0.15) is 55.1 Å². The molecule has 0 amide bonds. The van der Waals surface area contributed by atoms with Gasteiger partial charge in [-0.2, -0.15) is 0 Å². The lowest BCUT2D eigenvalue weighted by molar-refractivity contribution is 0.0525. The van der Waals surface area contributed by atoms with Gasteiger partial charge in [0.25, 0.3) is 0 Å². The maximum atomic E-state index is 12.0. The highest BCUT2D eigenvalue weighted by Gasteiger charge is 2.25. The fourth-order valence-electron chi connectivity index (χ4n) is 3.09. The van der Waals surface area contributed by atoms with Crippen molar-refractivity contribution in [1.82, 2.24) is 4.57 Å². The highest BCUT2D eigenvalue weighted by atomic mass is 16.6. The highest BCUT2D eigenvalue weighted by Crippen LogP contribution is 2.30. The monoisotopic (exact) mass is 309 g/mol. The molecule has 7 heteroatoms. The Morgan fingerprint density at radius 3 is 2.64 bits per heavy atom. The second-order valence-electron chi connectivity index (χ2n) is 5.76. The third kappa shape index (κ3) is 4.05. The van der Waals surface area contributed by atoms with Crippen molar-refractivity contribution in [1.29, 1.82) is 0 Å². The molecule has 122 valence electrons. The fraction of sp³-hybridized carbons (Fsp3) is 0.667. The van der Waals surface area contributed by atoms with Gasteiger partial charge in [-0.05, 0) is 32.6 Å². The van der Waals surface area contributed by atoms with Gasteiger partial charge in [-0.25, -0.2) is 4.79 Å². The van der Waals surface area contributed by atoms with E-state index >= 15 is 0 Å². The van der Waals surface area contributed by atoms with E-state index in [4.69, 9.17) is 19.4 Å². The Morgan fingerprint density at radius 2 is 2.05 bits per heavy atom. The molecule has 2 rings (SSSR count). The highest BCUT2D eigenvalue weighted by molar-refractivity contribution is 6.33. The van der Waals surface area contributed by atoms with Gasteiger partial charge in [-0.1, -0.05) is 19.3 Å². The Morgan fingerprint density at radius 1 is 1.36 bits per heavy atom. The molecule has 1 fully saturated rings. The zero-order valence-corrected chi connectivity index (χ0v) is 13.2. The Kier molecular flexibility index (Phi) is 5.91. The van der Waals surface area contributed by atoms with Crippen LogP contribution >= 0.6 is 0 Å². The van der Waals surface area contributed by atoms with Gasteiger partial charge in [0.2, 0.25) is 0 Å². The average molecular weight is 309 g/mol. The van der Waals surface area contributed by atoms with Crippen LogP contribution in [0.5, 0.6) is 5.88 Å². The van der Waals surface area contributed by atoms with Crippen molar-refractivity contribution >= 4 is 13.3 Å². The van der Waals surface area contributed by atoms with E-state index < -0.39 is 13.3 Å². The largest absolute Gasteiger partial charge is 0.708 e. The second-order valence-corrected chi connectivity index (χ2v) is 5.76. The van der Waals surface area contributed by atoms with Gasteiger partial charge in [0.05, 0.1) is 12.2 Å². The van der Waals surface area contributed by atoms with Gasteiger partial charge in [0.1, 0.15) is 0 Å². The van der Waals surface area contributed by atoms with E-state index in [-0.39, 0.29) is 0 Å². The fourth-order valence-corrected chi connectivity index (χ4v) is 3.09. The number of aromatic nitrogens is 1. The van der Waals surface area contributed by atoms with E-state index in [0.29, 0.717) is 30.5 Å². The molecule has 0 saturated heterocycles. The van der Waals surface area contributed by atoms with Crippen molar-refractivity contribution in [3.63, 3.8) is 0 Å². The Hall–Kier alpha value is -1.47. The quantitative estimate of drug-likeness (QED) is 0.619. The lowest BCUT2D eigenvalue weighted by atomic mass is 9.89. The summed E-state index contributed by atoms with van der Waals surface area (Å²) in [7, 11) is -1.91. The normalized spacial score (nSPS) is 15.6. The van der Waals surface area contributed by atoms with Gasteiger partial charge in [0, 0.05) is 18.3 Å². The van der Waals surface area contributed by atoms with Crippen molar-refractivity contribution in [2.75, 3.05) is 6.61 Å². The van der Waals surface area contributed by atoms with Crippen LogP contribution in [0.25, 0.3) is 0 Å². The van der Waals surface area contributed by atoms with E-state index in [2.05, 4.69) is 0 Å². The predicted octanol–water partition coefficient (Wildman–Crippen LogP) is 1.90. The van der Waals surface area contributed by atoms with Crippen LogP contribution < -0.4 is 4.65 Å². The molecule has 1 heterocycles. The molecule has 1 aromatic rings. The van der Waals surface area contributed by atoms with Crippen LogP contribution in [0.4, 0.5) is 0 Å². The minimum Gasteiger partial charge on any atom is -0.499 e. The molecular weight excluding hydrogens is 285 g/mol. The smallest absolute Gasteiger partial charge is 0.499 e. The first-order valence-corrected chi connectivity index (χ1v) is 7.93. The molecule has 1 aliphatic carbocycles. The maximum absolute atomic E-state index is 12.0. The minimum atomic E-state index is -1.91. The molecule has 1 aliphatic rings. The zero-order chi connectivity index (χ0) is 16.1. The molecule has 2 N–H and O–H groups in total. The van der Waals surface area contributed by atoms with Crippen molar-refractivity contribution in [2.45, 2.75) is 52.5 Å². The summed E-state index contributed by atoms with van der Waals surface area (Å²) in [6.07, 6.45) is 6.00. The van der Waals surface area contributed by atoms with Gasteiger partial charge in [-0.15, -0.1) is 0 Å². The lowest BCUT2D eigenvalue weighted by Crippen LogP contribution is -2.24. The van der Waals surface area contributed by atoms with E-state index in [1.807, 2.05) is 11.5 Å². The molecule has 0 unspecified atom stereocenters. The molecule has 0 aliphatic heterocycles. The number of hydrogen-bond donors (Lipinski definition) is 2. The predicted molar refractivity (Wildman–Crippen MR) is 82.5 cm³/mol. The molecule has 0 aromatic carbocycles. The minimum absolute atomic E-state index is 0.293. The molecule has 22 heavy (non-hydrogen) atoms. The van der Waals surface area contributed by atoms with Crippen LogP contribution in [0.3, 0.4) is 0 Å². The van der Waals surface area contributed by atoms with Crippen molar-refractivity contribution in [3.05, 3.63) is 17.3 Å².